The summed E-state index contributed by atoms with van der Waals surface area (Å²) in [6.07, 6.45) is 4.66. The van der Waals surface area contributed by atoms with Gasteiger partial charge >= 0.3 is 5.97 Å². The third-order valence-electron chi connectivity index (χ3n) is 8.01. The van der Waals surface area contributed by atoms with Gasteiger partial charge in [-0.2, -0.15) is 4.39 Å². The molecule has 1 amide bonds. The maximum absolute atomic E-state index is 13.8. The molecular weight excluding hydrogens is 591 g/mol. The minimum Gasteiger partial charge on any atom is -0.478 e. The van der Waals surface area contributed by atoms with Crippen LogP contribution in [-0.2, 0) is 29.2 Å². The molecule has 2 aromatic carbocycles. The van der Waals surface area contributed by atoms with E-state index >= 15 is 0 Å². The Labute approximate surface area is 255 Å². The number of hydrogen-bond acceptors (Lipinski definition) is 7. The molecule has 1 fully saturated rings. The van der Waals surface area contributed by atoms with Gasteiger partial charge in [-0.1, -0.05) is 17.7 Å². The van der Waals surface area contributed by atoms with E-state index in [1.165, 1.54) is 12.1 Å². The number of pyridine rings is 1. The van der Waals surface area contributed by atoms with Crippen LogP contribution in [0.15, 0.2) is 65.2 Å². The number of carbonyl (C=O) groups is 2. The quantitative estimate of drug-likeness (QED) is 0.219. The zero-order valence-corrected chi connectivity index (χ0v) is 24.1. The van der Waals surface area contributed by atoms with E-state index in [0.717, 1.165) is 12.0 Å². The van der Waals surface area contributed by atoms with Crippen LogP contribution in [0, 0.1) is 6.01 Å². The number of carboxylic acids is 1. The lowest BCUT2D eigenvalue weighted by atomic mass is 10.00. The first-order valence-corrected chi connectivity index (χ1v) is 14.5. The summed E-state index contributed by atoms with van der Waals surface area (Å²) in [5, 5.41) is 10.3. The van der Waals surface area contributed by atoms with Crippen LogP contribution in [0.4, 0.5) is 4.39 Å². The molecule has 0 unspecified atom stereocenters. The van der Waals surface area contributed by atoms with Crippen LogP contribution in [0.25, 0.3) is 27.6 Å². The van der Waals surface area contributed by atoms with Crippen LogP contribution >= 0.6 is 11.6 Å². The Morgan fingerprint density at radius 2 is 2.07 bits per heavy atom. The van der Waals surface area contributed by atoms with Gasteiger partial charge in [0.05, 0.1) is 40.8 Å². The highest BCUT2D eigenvalue weighted by molar-refractivity contribution is 6.35. The van der Waals surface area contributed by atoms with Crippen LogP contribution in [0.5, 0.6) is 5.88 Å². The molecule has 44 heavy (non-hydrogen) atoms. The zero-order valence-electron chi connectivity index (χ0n) is 23.3. The number of nitrogens with zero attached hydrogens (tertiary/aromatic N) is 4. The Morgan fingerprint density at radius 1 is 1.20 bits per heavy atom. The molecular formula is C32H26ClFN4O6. The van der Waals surface area contributed by atoms with Crippen LogP contribution in [-0.4, -0.2) is 55.7 Å². The van der Waals surface area contributed by atoms with E-state index in [4.69, 9.17) is 30.5 Å². The average molecular weight is 617 g/mol. The van der Waals surface area contributed by atoms with Crippen molar-refractivity contribution in [2.24, 2.45) is 0 Å². The topological polar surface area (TPSA) is 120 Å². The van der Waals surface area contributed by atoms with Crippen LogP contribution < -0.4 is 4.74 Å². The molecule has 0 aliphatic carbocycles. The van der Waals surface area contributed by atoms with Gasteiger partial charge in [0.2, 0.25) is 11.8 Å². The van der Waals surface area contributed by atoms with E-state index in [-0.39, 0.29) is 30.7 Å². The number of halogens is 2. The molecule has 2 aliphatic rings. The summed E-state index contributed by atoms with van der Waals surface area (Å²) in [5.41, 5.74) is 3.92. The summed E-state index contributed by atoms with van der Waals surface area (Å²) in [4.78, 5) is 35.9. The Balaban J connectivity index is 1.11. The molecule has 1 N–H and O–H groups in total. The highest BCUT2D eigenvalue weighted by atomic mass is 35.5. The van der Waals surface area contributed by atoms with Crippen molar-refractivity contribution < 1.29 is 33.0 Å². The molecule has 1 atom stereocenters. The van der Waals surface area contributed by atoms with E-state index in [1.54, 1.807) is 47.5 Å². The molecule has 12 heteroatoms. The smallest absolute Gasteiger partial charge is 0.335 e. The van der Waals surface area contributed by atoms with Crippen molar-refractivity contribution in [2.75, 3.05) is 13.2 Å². The van der Waals surface area contributed by atoms with E-state index < -0.39 is 12.0 Å². The van der Waals surface area contributed by atoms with E-state index in [2.05, 4.69) is 4.98 Å². The van der Waals surface area contributed by atoms with Gasteiger partial charge in [0.15, 0.2) is 0 Å². The van der Waals surface area contributed by atoms with Crippen LogP contribution in [0.3, 0.4) is 0 Å². The van der Waals surface area contributed by atoms with Gasteiger partial charge in [-0.3, -0.25) is 4.79 Å². The molecule has 5 heterocycles. The second-order valence-corrected chi connectivity index (χ2v) is 11.2. The van der Waals surface area contributed by atoms with Crippen molar-refractivity contribution in [3.05, 3.63) is 94.4 Å². The Morgan fingerprint density at radius 3 is 2.84 bits per heavy atom. The highest BCUT2D eigenvalue weighted by Gasteiger charge is 2.27. The third-order valence-corrected chi connectivity index (χ3v) is 8.34. The average Bonchev–Trinajstić information content (AvgIpc) is 3.55. The van der Waals surface area contributed by atoms with Crippen molar-refractivity contribution in [1.29, 1.82) is 0 Å². The van der Waals surface area contributed by atoms with E-state index in [9.17, 15) is 19.1 Å². The van der Waals surface area contributed by atoms with E-state index in [1.807, 2.05) is 10.6 Å². The van der Waals surface area contributed by atoms with Gasteiger partial charge in [-0.25, -0.2) is 14.8 Å². The first-order valence-electron chi connectivity index (χ1n) is 14.1. The Kier molecular flexibility index (Phi) is 7.27. The largest absolute Gasteiger partial charge is 0.478 e. The summed E-state index contributed by atoms with van der Waals surface area (Å²) in [6, 6.07) is 12.3. The molecule has 5 aromatic rings. The number of amides is 1. The SMILES string of the molecule is O=C(O)c1ccc2nc(CN3CCC(c4cccnc4OCc4ccc(Cl)c5cc(F)oc45)=CC3=O)n(C[C@@H]3CCO3)c2c1. The van der Waals surface area contributed by atoms with Crippen LogP contribution in [0.1, 0.15) is 40.2 Å². The minimum absolute atomic E-state index is 0.0166. The first-order chi connectivity index (χ1) is 21.3. The van der Waals surface area contributed by atoms with Gasteiger partial charge in [0, 0.05) is 48.0 Å². The molecule has 0 saturated carbocycles. The van der Waals surface area contributed by atoms with Gasteiger partial charge in [0.25, 0.3) is 6.01 Å². The molecule has 0 spiro atoms. The summed E-state index contributed by atoms with van der Waals surface area (Å²) in [5.74, 6) is -0.194. The standard InChI is InChI=1S/C32H26ClFN4O6/c33-24-5-3-20(30-23(24)14-27(34)44-30)17-43-31-22(2-1-9-35-31)18-7-10-37(29(39)13-18)16-28-36-25-6-4-19(32(40)41)12-26(25)38(28)15-21-8-11-42-21/h1-6,9,12-14,21H,7-8,10-11,15-17H2,(H,40,41)/t21-/m0/s1. The number of aromatic nitrogens is 3. The number of carboxylic acid groups (broad SMARTS) is 1. The molecule has 2 aliphatic heterocycles. The number of furan rings is 1. The van der Waals surface area contributed by atoms with Gasteiger partial charge < -0.3 is 28.5 Å². The summed E-state index contributed by atoms with van der Waals surface area (Å²) >= 11 is 6.19. The first kappa shape index (κ1) is 28.1. The number of fused-ring (bicyclic) bond motifs is 2. The normalized spacial score (nSPS) is 16.8. The monoisotopic (exact) mass is 616 g/mol. The molecule has 0 radical (unpaired) electrons. The van der Waals surface area contributed by atoms with Crippen LogP contribution in [0.2, 0.25) is 5.02 Å². The Bertz CT molecular complexity index is 1960. The number of aromatic carboxylic acids is 1. The lowest BCUT2D eigenvalue weighted by Gasteiger charge is -2.29. The highest BCUT2D eigenvalue weighted by Crippen LogP contribution is 2.33. The van der Waals surface area contributed by atoms with Crippen molar-refractivity contribution in [3.63, 3.8) is 0 Å². The number of carbonyl (C=O) groups excluding carboxylic acids is 1. The lowest BCUT2D eigenvalue weighted by molar-refractivity contribution is -0.127. The van der Waals surface area contributed by atoms with Gasteiger partial charge in [-0.15, -0.1) is 0 Å². The summed E-state index contributed by atoms with van der Waals surface area (Å²) < 4.78 is 32.7. The molecule has 224 valence electrons. The third kappa shape index (κ3) is 5.29. The predicted molar refractivity (Wildman–Crippen MR) is 159 cm³/mol. The zero-order chi connectivity index (χ0) is 30.4. The fourth-order valence-corrected chi connectivity index (χ4v) is 5.81. The van der Waals surface area contributed by atoms with Crippen molar-refractivity contribution >= 4 is 51.1 Å². The maximum Gasteiger partial charge on any atom is 0.335 e. The molecule has 10 nitrogen and oxygen atoms in total. The number of ether oxygens (including phenoxy) is 2. The van der Waals surface area contributed by atoms with Gasteiger partial charge in [-0.05, 0) is 54.8 Å². The second-order valence-electron chi connectivity index (χ2n) is 10.8. The van der Waals surface area contributed by atoms with Crippen molar-refractivity contribution in [3.8, 4) is 5.88 Å². The van der Waals surface area contributed by atoms with E-state index in [0.29, 0.717) is 76.0 Å². The number of imidazole rings is 1. The Hall–Kier alpha value is -4.74. The van der Waals surface area contributed by atoms with Gasteiger partial charge in [0.1, 0.15) is 18.0 Å². The maximum atomic E-state index is 13.8. The number of hydrogen-bond donors (Lipinski definition) is 1. The fourth-order valence-electron chi connectivity index (χ4n) is 5.61. The lowest BCUT2D eigenvalue weighted by Crippen LogP contribution is -2.36. The van der Waals surface area contributed by atoms with Crippen molar-refractivity contribution in [1.82, 2.24) is 19.4 Å². The summed E-state index contributed by atoms with van der Waals surface area (Å²) in [6.45, 7) is 1.97. The fraction of sp³-hybridized carbons (Fsp3) is 0.250. The molecule has 3 aromatic heterocycles. The number of rotatable bonds is 9. The van der Waals surface area contributed by atoms with Crippen molar-refractivity contribution in [2.45, 2.75) is 38.6 Å². The molecule has 0 bridgehead atoms. The second kappa shape index (κ2) is 11.4. The summed E-state index contributed by atoms with van der Waals surface area (Å²) in [7, 11) is 0. The predicted octanol–water partition coefficient (Wildman–Crippen LogP) is 5.85. The number of benzene rings is 2. The molecule has 7 rings (SSSR count). The molecule has 1 saturated heterocycles. The minimum atomic E-state index is -1.01.